The quantitative estimate of drug-likeness (QED) is 0.815. The molecule has 6 heteroatoms. The lowest BCUT2D eigenvalue weighted by atomic mass is 9.91. The minimum Gasteiger partial charge on any atom is -0.444 e. The fourth-order valence-corrected chi connectivity index (χ4v) is 2.77. The highest BCUT2D eigenvalue weighted by Gasteiger charge is 2.33. The van der Waals surface area contributed by atoms with Crippen LogP contribution in [0.4, 0.5) is 9.18 Å². The maximum atomic E-state index is 14.3. The average Bonchev–Trinajstić information content (AvgIpc) is 3.28. The summed E-state index contributed by atoms with van der Waals surface area (Å²) in [4.78, 5) is 14.0. The first-order chi connectivity index (χ1) is 11.2. The number of ether oxygens (including phenoxy) is 1. The Balaban J connectivity index is 1.95. The first-order valence-corrected chi connectivity index (χ1v) is 8.45. The summed E-state index contributed by atoms with van der Waals surface area (Å²) in [5, 5.41) is 2.76. The van der Waals surface area contributed by atoms with Gasteiger partial charge in [-0.3, -0.25) is 4.90 Å². The summed E-state index contributed by atoms with van der Waals surface area (Å²) in [6.45, 7) is 8.55. The van der Waals surface area contributed by atoms with Crippen molar-refractivity contribution in [3.8, 4) is 0 Å². The Labute approximate surface area is 145 Å². The molecule has 2 radical (unpaired) electrons. The van der Waals surface area contributed by atoms with E-state index >= 15 is 0 Å². The number of rotatable bonds is 6. The average molecular weight is 332 g/mol. The maximum Gasteiger partial charge on any atom is 0.407 e. The zero-order chi connectivity index (χ0) is 17.9. The Morgan fingerprint density at radius 1 is 1.46 bits per heavy atom. The van der Waals surface area contributed by atoms with E-state index in [0.717, 1.165) is 12.8 Å². The molecule has 1 N–H and O–H groups in total. The predicted octanol–water partition coefficient (Wildman–Crippen LogP) is 2.67. The van der Waals surface area contributed by atoms with E-state index in [4.69, 9.17) is 12.6 Å². The highest BCUT2D eigenvalue weighted by Crippen LogP contribution is 2.34. The molecule has 1 atom stereocenters. The van der Waals surface area contributed by atoms with Crippen LogP contribution >= 0.6 is 0 Å². The molecule has 24 heavy (non-hydrogen) atoms. The van der Waals surface area contributed by atoms with Crippen molar-refractivity contribution in [3.05, 3.63) is 29.6 Å². The molecule has 0 aliphatic heterocycles. The van der Waals surface area contributed by atoms with Gasteiger partial charge in [-0.05, 0) is 40.5 Å². The number of halogens is 1. The molecule has 2 rings (SSSR count). The van der Waals surface area contributed by atoms with Crippen LogP contribution in [-0.4, -0.2) is 43.6 Å². The standard InChI is InChI=1S/C18H26BFN2O2/c1-12(14-6-5-7-15(19)16(14)20)22(13-8-9-13)11-10-21-17(23)24-18(2,3)4/h5-7,12-13H,8-11H2,1-4H3,(H,21,23). The van der Waals surface area contributed by atoms with Crippen LogP contribution in [-0.2, 0) is 4.74 Å². The molecule has 1 aliphatic carbocycles. The van der Waals surface area contributed by atoms with Gasteiger partial charge in [0.25, 0.3) is 0 Å². The van der Waals surface area contributed by atoms with Crippen molar-refractivity contribution in [2.75, 3.05) is 13.1 Å². The van der Waals surface area contributed by atoms with E-state index in [2.05, 4.69) is 10.2 Å². The predicted molar refractivity (Wildman–Crippen MR) is 94.2 cm³/mol. The number of nitrogens with one attached hydrogen (secondary N) is 1. The van der Waals surface area contributed by atoms with Gasteiger partial charge < -0.3 is 10.1 Å². The molecule has 0 heterocycles. The van der Waals surface area contributed by atoms with Gasteiger partial charge in [-0.25, -0.2) is 9.18 Å². The zero-order valence-corrected chi connectivity index (χ0v) is 14.9. The van der Waals surface area contributed by atoms with Gasteiger partial charge in [0.2, 0.25) is 0 Å². The molecule has 130 valence electrons. The number of alkyl carbamates (subject to hydrolysis) is 1. The van der Waals surface area contributed by atoms with Crippen molar-refractivity contribution < 1.29 is 13.9 Å². The summed E-state index contributed by atoms with van der Waals surface area (Å²) < 4.78 is 19.5. The molecule has 0 aromatic heterocycles. The second-order valence-corrected chi connectivity index (χ2v) is 7.32. The highest BCUT2D eigenvalue weighted by atomic mass is 19.1. The molecule has 0 spiro atoms. The zero-order valence-electron chi connectivity index (χ0n) is 14.9. The molecule has 0 saturated heterocycles. The summed E-state index contributed by atoms with van der Waals surface area (Å²) in [7, 11) is 5.68. The van der Waals surface area contributed by atoms with E-state index in [9.17, 15) is 9.18 Å². The highest BCUT2D eigenvalue weighted by molar-refractivity contribution is 6.32. The molecular formula is C18H26BFN2O2. The molecule has 1 unspecified atom stereocenters. The number of carbonyl (C=O) groups excluding carboxylic acids is 1. The lowest BCUT2D eigenvalue weighted by Gasteiger charge is -2.30. The molecule has 1 aromatic carbocycles. The number of benzene rings is 1. The van der Waals surface area contributed by atoms with Crippen LogP contribution in [0, 0.1) is 5.82 Å². The van der Waals surface area contributed by atoms with Crippen molar-refractivity contribution in [1.29, 1.82) is 0 Å². The van der Waals surface area contributed by atoms with Gasteiger partial charge in [0.1, 0.15) is 19.3 Å². The molecule has 1 fully saturated rings. The van der Waals surface area contributed by atoms with Crippen molar-refractivity contribution in [2.24, 2.45) is 0 Å². The van der Waals surface area contributed by atoms with Crippen LogP contribution in [0.1, 0.15) is 52.1 Å². The van der Waals surface area contributed by atoms with Crippen molar-refractivity contribution in [3.63, 3.8) is 0 Å². The summed E-state index contributed by atoms with van der Waals surface area (Å²) in [6, 6.07) is 5.45. The lowest BCUT2D eigenvalue weighted by Crippen LogP contribution is -2.40. The van der Waals surface area contributed by atoms with Gasteiger partial charge >= 0.3 is 6.09 Å². The second kappa shape index (κ2) is 7.56. The monoisotopic (exact) mass is 332 g/mol. The Kier molecular flexibility index (Phi) is 5.91. The Morgan fingerprint density at radius 3 is 2.71 bits per heavy atom. The lowest BCUT2D eigenvalue weighted by molar-refractivity contribution is 0.0517. The summed E-state index contributed by atoms with van der Waals surface area (Å²) >= 11 is 0. The van der Waals surface area contributed by atoms with E-state index in [0.29, 0.717) is 24.7 Å². The minimum absolute atomic E-state index is 0.0959. The van der Waals surface area contributed by atoms with E-state index < -0.39 is 11.7 Å². The van der Waals surface area contributed by atoms with Crippen LogP contribution in [0.15, 0.2) is 18.2 Å². The third-order valence-electron chi connectivity index (χ3n) is 4.06. The van der Waals surface area contributed by atoms with Crippen LogP contribution in [0.25, 0.3) is 0 Å². The van der Waals surface area contributed by atoms with E-state index in [1.165, 1.54) is 0 Å². The smallest absolute Gasteiger partial charge is 0.407 e. The van der Waals surface area contributed by atoms with E-state index in [1.54, 1.807) is 18.2 Å². The third kappa shape index (κ3) is 5.23. The molecule has 1 aliphatic rings. The normalized spacial score (nSPS) is 16.1. The summed E-state index contributed by atoms with van der Waals surface area (Å²) in [5.74, 6) is -0.351. The SMILES string of the molecule is [B]c1cccc(C(C)N(CCNC(=O)OC(C)(C)C)C2CC2)c1F. The van der Waals surface area contributed by atoms with Crippen molar-refractivity contribution >= 4 is 19.4 Å². The van der Waals surface area contributed by atoms with Gasteiger partial charge in [-0.2, -0.15) is 0 Å². The first kappa shape index (κ1) is 18.8. The van der Waals surface area contributed by atoms with Crippen LogP contribution in [0.3, 0.4) is 0 Å². The number of amides is 1. The minimum atomic E-state index is -0.516. The fourth-order valence-electron chi connectivity index (χ4n) is 2.77. The molecule has 1 aromatic rings. The maximum absolute atomic E-state index is 14.3. The van der Waals surface area contributed by atoms with Gasteiger partial charge in [-0.1, -0.05) is 23.7 Å². The second-order valence-electron chi connectivity index (χ2n) is 7.32. The van der Waals surface area contributed by atoms with Crippen LogP contribution < -0.4 is 10.8 Å². The molecule has 0 bridgehead atoms. The number of hydrogen-bond acceptors (Lipinski definition) is 3. The Morgan fingerprint density at radius 2 is 2.12 bits per heavy atom. The van der Waals surface area contributed by atoms with Gasteiger partial charge in [0.15, 0.2) is 0 Å². The molecule has 4 nitrogen and oxygen atoms in total. The van der Waals surface area contributed by atoms with Gasteiger partial charge in [0.05, 0.1) is 0 Å². The third-order valence-corrected chi connectivity index (χ3v) is 4.06. The van der Waals surface area contributed by atoms with E-state index in [1.807, 2.05) is 27.7 Å². The largest absolute Gasteiger partial charge is 0.444 e. The number of hydrogen-bond donors (Lipinski definition) is 1. The van der Waals surface area contributed by atoms with Crippen molar-refractivity contribution in [1.82, 2.24) is 10.2 Å². The Bertz CT molecular complexity index is 585. The number of nitrogens with zero attached hydrogens (tertiary/aromatic N) is 1. The summed E-state index contributed by atoms with van der Waals surface area (Å²) in [5.41, 5.74) is 0.249. The number of carbonyl (C=O) groups is 1. The van der Waals surface area contributed by atoms with Crippen molar-refractivity contribution in [2.45, 2.75) is 58.2 Å². The molecule has 1 amide bonds. The first-order valence-electron chi connectivity index (χ1n) is 8.45. The summed E-state index contributed by atoms with van der Waals surface area (Å²) in [6.07, 6.45) is 1.77. The molecule has 1 saturated carbocycles. The van der Waals surface area contributed by atoms with Gasteiger partial charge in [0, 0.05) is 30.7 Å². The van der Waals surface area contributed by atoms with E-state index in [-0.39, 0.29) is 17.3 Å². The van der Waals surface area contributed by atoms with Crippen LogP contribution in [0.5, 0.6) is 0 Å². The van der Waals surface area contributed by atoms with Gasteiger partial charge in [-0.15, -0.1) is 0 Å². The fraction of sp³-hybridized carbons (Fsp3) is 0.611. The topological polar surface area (TPSA) is 41.6 Å². The molecular weight excluding hydrogens is 306 g/mol. The Hall–Kier alpha value is -1.56. The van der Waals surface area contributed by atoms with Crippen LogP contribution in [0.2, 0.25) is 0 Å².